The SMILES string of the molecule is CC(CCCC(=O)N1c2ccccc2C(=O)Nc2cccnc21)CN1CCN(C)CC1. The second kappa shape index (κ2) is 9.58. The van der Waals surface area contributed by atoms with E-state index >= 15 is 0 Å². The van der Waals surface area contributed by atoms with Crippen LogP contribution in [-0.4, -0.2) is 66.4 Å². The predicted octanol–water partition coefficient (Wildman–Crippen LogP) is 3.37. The predicted molar refractivity (Wildman–Crippen MR) is 123 cm³/mol. The maximum atomic E-state index is 13.3. The van der Waals surface area contributed by atoms with Crippen LogP contribution in [0.15, 0.2) is 42.6 Å². The molecule has 1 atom stereocenters. The molecule has 2 aliphatic heterocycles. The van der Waals surface area contributed by atoms with Gasteiger partial charge in [-0.2, -0.15) is 0 Å². The van der Waals surface area contributed by atoms with Gasteiger partial charge in [-0.25, -0.2) is 4.98 Å². The number of nitrogens with one attached hydrogen (secondary N) is 1. The number of likely N-dealkylation sites (N-methyl/N-ethyl adjacent to an activating group) is 1. The first-order valence-corrected chi connectivity index (χ1v) is 11.1. The summed E-state index contributed by atoms with van der Waals surface area (Å²) in [6.45, 7) is 7.83. The third kappa shape index (κ3) is 4.94. The van der Waals surface area contributed by atoms with Crippen LogP contribution < -0.4 is 10.2 Å². The molecule has 31 heavy (non-hydrogen) atoms. The zero-order valence-corrected chi connectivity index (χ0v) is 18.4. The van der Waals surface area contributed by atoms with Crippen LogP contribution in [-0.2, 0) is 4.79 Å². The minimum absolute atomic E-state index is 0.0318. The summed E-state index contributed by atoms with van der Waals surface area (Å²) in [4.78, 5) is 36.9. The van der Waals surface area contributed by atoms with Gasteiger partial charge in [0.25, 0.3) is 5.91 Å². The van der Waals surface area contributed by atoms with Crippen LogP contribution >= 0.6 is 0 Å². The molecule has 1 saturated heterocycles. The van der Waals surface area contributed by atoms with Crippen molar-refractivity contribution in [1.29, 1.82) is 0 Å². The van der Waals surface area contributed by atoms with Crippen LogP contribution in [0.5, 0.6) is 0 Å². The molecular formula is C24H31N5O2. The fourth-order valence-corrected chi connectivity index (χ4v) is 4.37. The minimum Gasteiger partial charge on any atom is -0.319 e. The van der Waals surface area contributed by atoms with Gasteiger partial charge in [-0.15, -0.1) is 0 Å². The molecule has 4 rings (SSSR count). The molecule has 3 heterocycles. The highest BCUT2D eigenvalue weighted by Gasteiger charge is 2.29. The zero-order chi connectivity index (χ0) is 21.8. The number of carbonyl (C=O) groups is 2. The van der Waals surface area contributed by atoms with Crippen molar-refractivity contribution in [2.45, 2.75) is 26.2 Å². The number of nitrogens with zero attached hydrogens (tertiary/aromatic N) is 4. The lowest BCUT2D eigenvalue weighted by Crippen LogP contribution is -2.45. The van der Waals surface area contributed by atoms with Crippen LogP contribution in [0.4, 0.5) is 17.2 Å². The normalized spacial score (nSPS) is 18.0. The Hall–Kier alpha value is -2.77. The Balaban J connectivity index is 1.42. The maximum absolute atomic E-state index is 13.3. The number of aromatic nitrogens is 1. The number of para-hydroxylation sites is 1. The summed E-state index contributed by atoms with van der Waals surface area (Å²) in [5.41, 5.74) is 1.63. The van der Waals surface area contributed by atoms with Crippen LogP contribution in [0.1, 0.15) is 36.5 Å². The summed E-state index contributed by atoms with van der Waals surface area (Å²) in [5, 5.41) is 2.88. The first kappa shape index (κ1) is 21.5. The van der Waals surface area contributed by atoms with Crippen molar-refractivity contribution in [3.05, 3.63) is 48.2 Å². The molecule has 7 nitrogen and oxygen atoms in total. The second-order valence-corrected chi connectivity index (χ2v) is 8.68. The van der Waals surface area contributed by atoms with Gasteiger partial charge in [-0.1, -0.05) is 19.1 Å². The number of fused-ring (bicyclic) bond motifs is 2. The Bertz CT molecular complexity index is 939. The molecule has 0 radical (unpaired) electrons. The number of hydrogen-bond acceptors (Lipinski definition) is 5. The molecule has 2 amide bonds. The third-order valence-electron chi connectivity index (χ3n) is 6.14. The third-order valence-corrected chi connectivity index (χ3v) is 6.14. The summed E-state index contributed by atoms with van der Waals surface area (Å²) in [6.07, 6.45) is 3.89. The average Bonchev–Trinajstić information content (AvgIpc) is 2.89. The number of hydrogen-bond donors (Lipinski definition) is 1. The van der Waals surface area contributed by atoms with Gasteiger partial charge in [-0.3, -0.25) is 14.5 Å². The van der Waals surface area contributed by atoms with Crippen molar-refractivity contribution in [3.8, 4) is 0 Å². The van der Waals surface area contributed by atoms with Gasteiger partial charge in [-0.05, 0) is 50.1 Å². The topological polar surface area (TPSA) is 68.8 Å². The molecule has 164 valence electrons. The lowest BCUT2D eigenvalue weighted by Gasteiger charge is -2.34. The summed E-state index contributed by atoms with van der Waals surface area (Å²) in [5.74, 6) is 0.772. The van der Waals surface area contributed by atoms with Gasteiger partial charge >= 0.3 is 0 Å². The van der Waals surface area contributed by atoms with Crippen LogP contribution in [0.3, 0.4) is 0 Å². The number of carbonyl (C=O) groups excluding carboxylic acids is 2. The van der Waals surface area contributed by atoms with Crippen LogP contribution in [0.2, 0.25) is 0 Å². The summed E-state index contributed by atoms with van der Waals surface area (Å²) in [7, 11) is 2.17. The minimum atomic E-state index is -0.221. The molecule has 2 aliphatic rings. The Morgan fingerprint density at radius 3 is 2.71 bits per heavy atom. The number of amides is 2. The molecule has 1 fully saturated rings. The summed E-state index contributed by atoms with van der Waals surface area (Å²) < 4.78 is 0. The highest BCUT2D eigenvalue weighted by atomic mass is 16.2. The number of rotatable bonds is 6. The van der Waals surface area contributed by atoms with E-state index in [1.165, 1.54) is 0 Å². The number of anilines is 3. The molecule has 1 N–H and O–H groups in total. The first-order valence-electron chi connectivity index (χ1n) is 11.1. The number of piperazine rings is 1. The quantitative estimate of drug-likeness (QED) is 0.775. The van der Waals surface area contributed by atoms with Gasteiger partial charge in [0.05, 0.1) is 16.9 Å². The molecule has 1 aromatic heterocycles. The lowest BCUT2D eigenvalue weighted by atomic mass is 10.0. The molecule has 0 saturated carbocycles. The molecule has 1 aromatic carbocycles. The largest absolute Gasteiger partial charge is 0.319 e. The Morgan fingerprint density at radius 2 is 1.90 bits per heavy atom. The Kier molecular flexibility index (Phi) is 6.63. The van der Waals surface area contributed by atoms with Gasteiger partial charge in [0.15, 0.2) is 5.82 Å². The van der Waals surface area contributed by atoms with E-state index in [1.807, 2.05) is 18.2 Å². The van der Waals surface area contributed by atoms with E-state index in [4.69, 9.17) is 0 Å². The van der Waals surface area contributed by atoms with Crippen molar-refractivity contribution in [2.75, 3.05) is 50.0 Å². The molecule has 0 spiro atoms. The van der Waals surface area contributed by atoms with Crippen molar-refractivity contribution in [3.63, 3.8) is 0 Å². The second-order valence-electron chi connectivity index (χ2n) is 8.68. The monoisotopic (exact) mass is 421 g/mol. The number of pyridine rings is 1. The van der Waals surface area contributed by atoms with Gasteiger partial charge < -0.3 is 15.1 Å². The standard InChI is InChI=1S/C24H31N5O2/c1-18(17-28-15-13-27(2)14-16-28)7-5-11-22(30)29-21-10-4-3-8-19(21)24(31)26-20-9-6-12-25-23(20)29/h3-4,6,8-10,12,18H,5,7,11,13-17H2,1-2H3,(H,26,31). The molecule has 7 heteroatoms. The van der Waals surface area contributed by atoms with Crippen molar-refractivity contribution < 1.29 is 9.59 Å². The fraction of sp³-hybridized carbons (Fsp3) is 0.458. The highest BCUT2D eigenvalue weighted by Crippen LogP contribution is 2.36. The van der Waals surface area contributed by atoms with Crippen LogP contribution in [0, 0.1) is 5.92 Å². The molecule has 2 aromatic rings. The van der Waals surface area contributed by atoms with E-state index < -0.39 is 0 Å². The lowest BCUT2D eigenvalue weighted by molar-refractivity contribution is -0.118. The molecule has 0 bridgehead atoms. The number of benzene rings is 1. The Labute approximate surface area is 184 Å². The van der Waals surface area contributed by atoms with Crippen molar-refractivity contribution in [1.82, 2.24) is 14.8 Å². The highest BCUT2D eigenvalue weighted by molar-refractivity contribution is 6.17. The van der Waals surface area contributed by atoms with Gasteiger partial charge in [0, 0.05) is 45.3 Å². The van der Waals surface area contributed by atoms with E-state index in [-0.39, 0.29) is 11.8 Å². The fourth-order valence-electron chi connectivity index (χ4n) is 4.37. The molecule has 1 unspecified atom stereocenters. The van der Waals surface area contributed by atoms with E-state index in [0.717, 1.165) is 45.6 Å². The van der Waals surface area contributed by atoms with Crippen molar-refractivity contribution >= 4 is 29.0 Å². The zero-order valence-electron chi connectivity index (χ0n) is 18.4. The van der Waals surface area contributed by atoms with E-state index in [2.05, 4.69) is 34.1 Å². The Morgan fingerprint density at radius 1 is 1.13 bits per heavy atom. The van der Waals surface area contributed by atoms with E-state index in [1.54, 1.807) is 29.3 Å². The molecule has 0 aliphatic carbocycles. The van der Waals surface area contributed by atoms with Gasteiger partial charge in [0.1, 0.15) is 0 Å². The van der Waals surface area contributed by atoms with E-state index in [9.17, 15) is 9.59 Å². The first-order chi connectivity index (χ1) is 15.0. The van der Waals surface area contributed by atoms with Crippen molar-refractivity contribution in [2.24, 2.45) is 5.92 Å². The van der Waals surface area contributed by atoms with Gasteiger partial charge in [0.2, 0.25) is 5.91 Å². The summed E-state index contributed by atoms with van der Waals surface area (Å²) >= 11 is 0. The maximum Gasteiger partial charge on any atom is 0.257 e. The van der Waals surface area contributed by atoms with Crippen LogP contribution in [0.25, 0.3) is 0 Å². The average molecular weight is 422 g/mol. The molecular weight excluding hydrogens is 390 g/mol. The smallest absolute Gasteiger partial charge is 0.257 e. The van der Waals surface area contributed by atoms with E-state index in [0.29, 0.717) is 35.1 Å². The summed E-state index contributed by atoms with van der Waals surface area (Å²) in [6, 6.07) is 10.8.